The number of amidine groups is 1. The number of hydrogen-bond donors (Lipinski definition) is 3. The van der Waals surface area contributed by atoms with Gasteiger partial charge >= 0.3 is 6.18 Å². The molecule has 5 N–H and O–H groups in total. The van der Waals surface area contributed by atoms with E-state index in [9.17, 15) is 18.0 Å². The van der Waals surface area contributed by atoms with Crippen LogP contribution in [0.25, 0.3) is 0 Å². The lowest BCUT2D eigenvalue weighted by molar-refractivity contribution is -0.153. The number of carbonyl (C=O) groups excluding carboxylic acids is 1. The fourth-order valence-corrected chi connectivity index (χ4v) is 2.80. The molecule has 1 fully saturated rings. The van der Waals surface area contributed by atoms with E-state index in [1.807, 2.05) is 20.8 Å². The maximum absolute atomic E-state index is 12.8. The van der Waals surface area contributed by atoms with Gasteiger partial charge in [-0.15, -0.1) is 0 Å². The van der Waals surface area contributed by atoms with Crippen LogP contribution in [0.4, 0.5) is 13.2 Å². The molecule has 0 spiro atoms. The molecule has 11 heteroatoms. The highest BCUT2D eigenvalue weighted by atomic mass is 19.4. The first kappa shape index (κ1) is 22.7. The van der Waals surface area contributed by atoms with Crippen molar-refractivity contribution < 1.29 is 22.7 Å². The molecule has 0 aromatic carbocycles. The summed E-state index contributed by atoms with van der Waals surface area (Å²) in [6.07, 6.45) is -1.39. The number of nitrogens with zero attached hydrogens (tertiary/aromatic N) is 3. The molecule has 0 saturated heterocycles. The summed E-state index contributed by atoms with van der Waals surface area (Å²) in [6.45, 7) is 4.13. The monoisotopic (exact) mass is 416 g/mol. The average Bonchev–Trinajstić information content (AvgIpc) is 3.42. The summed E-state index contributed by atoms with van der Waals surface area (Å²) >= 11 is 0. The number of hydrazine groups is 1. The fraction of sp³-hybridized carbons (Fsp3) is 0.611. The Morgan fingerprint density at radius 2 is 2.03 bits per heavy atom. The van der Waals surface area contributed by atoms with Crippen molar-refractivity contribution >= 4 is 11.7 Å². The lowest BCUT2D eigenvalue weighted by Crippen LogP contribution is -2.56. The van der Waals surface area contributed by atoms with Crippen LogP contribution < -0.4 is 21.7 Å². The Balaban J connectivity index is 2.29. The van der Waals surface area contributed by atoms with Gasteiger partial charge in [0.15, 0.2) is 12.4 Å². The van der Waals surface area contributed by atoms with Gasteiger partial charge in [0, 0.05) is 24.9 Å². The molecule has 1 amide bonds. The zero-order chi connectivity index (χ0) is 22.0. The van der Waals surface area contributed by atoms with Crippen molar-refractivity contribution in [2.45, 2.75) is 51.7 Å². The molecule has 162 valence electrons. The maximum atomic E-state index is 12.8. The predicted molar refractivity (Wildman–Crippen MR) is 102 cm³/mol. The molecule has 8 nitrogen and oxygen atoms in total. The lowest BCUT2D eigenvalue weighted by Gasteiger charge is -2.34. The minimum Gasteiger partial charge on any atom is -0.484 e. The first-order valence-corrected chi connectivity index (χ1v) is 9.10. The number of nitrogens with two attached hydrogens (primary N) is 2. The molecule has 1 aliphatic carbocycles. The Hall–Kier alpha value is -2.56. The third-order valence-corrected chi connectivity index (χ3v) is 4.43. The topological polar surface area (TPSA) is 119 Å². The van der Waals surface area contributed by atoms with Crippen molar-refractivity contribution in [3.63, 3.8) is 0 Å². The van der Waals surface area contributed by atoms with Gasteiger partial charge in [-0.1, -0.05) is 20.8 Å². The van der Waals surface area contributed by atoms with Gasteiger partial charge in [0.1, 0.15) is 11.4 Å². The number of ether oxygens (including phenoxy) is 1. The molecular formula is C18H27F3N6O2. The molecule has 0 aliphatic heterocycles. The largest absolute Gasteiger partial charge is 0.484 e. The van der Waals surface area contributed by atoms with E-state index in [4.69, 9.17) is 16.4 Å². The molecular weight excluding hydrogens is 389 g/mol. The van der Waals surface area contributed by atoms with E-state index < -0.39 is 30.1 Å². The minimum absolute atomic E-state index is 0.0148. The third-order valence-electron chi connectivity index (χ3n) is 4.43. The summed E-state index contributed by atoms with van der Waals surface area (Å²) in [4.78, 5) is 16.9. The number of hydrazone groups is 1. The van der Waals surface area contributed by atoms with E-state index in [0.717, 1.165) is 12.8 Å². The summed E-state index contributed by atoms with van der Waals surface area (Å²) < 4.78 is 42.7. The van der Waals surface area contributed by atoms with Crippen molar-refractivity contribution in [3.8, 4) is 5.75 Å². The summed E-state index contributed by atoms with van der Waals surface area (Å²) in [5, 5.41) is 7.60. The van der Waals surface area contributed by atoms with E-state index in [0.29, 0.717) is 5.56 Å². The van der Waals surface area contributed by atoms with Crippen LogP contribution >= 0.6 is 0 Å². The number of carbonyl (C=O) groups is 1. The molecule has 1 unspecified atom stereocenters. The SMILES string of the molecule is CN(N)/C(=N\N)C(NC(=O)c1cc(OCC(F)(F)F)c(C2CC2)cn1)C(C)(C)C. The number of halogens is 3. The summed E-state index contributed by atoms with van der Waals surface area (Å²) in [5.41, 5.74) is -0.00799. The first-order valence-electron chi connectivity index (χ1n) is 9.10. The van der Waals surface area contributed by atoms with E-state index in [1.165, 1.54) is 24.3 Å². The smallest absolute Gasteiger partial charge is 0.422 e. The molecule has 1 saturated carbocycles. The predicted octanol–water partition coefficient (Wildman–Crippen LogP) is 2.12. The molecule has 1 heterocycles. The number of amides is 1. The number of pyridine rings is 1. The normalized spacial score (nSPS) is 16.3. The molecule has 29 heavy (non-hydrogen) atoms. The van der Waals surface area contributed by atoms with Gasteiger partial charge < -0.3 is 15.9 Å². The van der Waals surface area contributed by atoms with Crippen LogP contribution in [0.3, 0.4) is 0 Å². The summed E-state index contributed by atoms with van der Waals surface area (Å²) in [6, 6.07) is 0.569. The highest BCUT2D eigenvalue weighted by Crippen LogP contribution is 2.44. The van der Waals surface area contributed by atoms with E-state index in [2.05, 4.69) is 15.4 Å². The third kappa shape index (κ3) is 6.21. The van der Waals surface area contributed by atoms with Crippen molar-refractivity contribution in [1.29, 1.82) is 0 Å². The molecule has 0 radical (unpaired) electrons. The zero-order valence-electron chi connectivity index (χ0n) is 16.9. The molecule has 2 rings (SSSR count). The average molecular weight is 416 g/mol. The highest BCUT2D eigenvalue weighted by molar-refractivity contribution is 5.98. The molecule has 0 bridgehead atoms. The van der Waals surface area contributed by atoms with Crippen molar-refractivity contribution in [1.82, 2.24) is 15.3 Å². The second kappa shape index (κ2) is 8.44. The van der Waals surface area contributed by atoms with Crippen LogP contribution in [0.2, 0.25) is 0 Å². The van der Waals surface area contributed by atoms with Crippen LogP contribution in [-0.4, -0.2) is 47.6 Å². The van der Waals surface area contributed by atoms with Gasteiger partial charge in [-0.2, -0.15) is 18.3 Å². The Morgan fingerprint density at radius 3 is 2.48 bits per heavy atom. The van der Waals surface area contributed by atoms with Crippen molar-refractivity contribution in [2.75, 3.05) is 13.7 Å². The van der Waals surface area contributed by atoms with Crippen LogP contribution in [-0.2, 0) is 0 Å². The summed E-state index contributed by atoms with van der Waals surface area (Å²) in [7, 11) is 1.53. The standard InChI is InChI=1S/C18H27F3N6O2/c1-17(2,3)14(15(26-22)27(4)23)25-16(28)12-7-13(29-9-18(19,20)21)11(8-24-12)10-5-6-10/h7-8,10,14H,5-6,9,22-23H2,1-4H3,(H,25,28)/b26-15-. The van der Waals surface area contributed by atoms with Gasteiger partial charge in [-0.3, -0.25) is 14.8 Å². The second-order valence-electron chi connectivity index (χ2n) is 8.16. The Morgan fingerprint density at radius 1 is 1.41 bits per heavy atom. The molecule has 1 atom stereocenters. The van der Waals surface area contributed by atoms with Gasteiger partial charge in [-0.05, 0) is 24.2 Å². The zero-order valence-corrected chi connectivity index (χ0v) is 16.9. The van der Waals surface area contributed by atoms with Crippen LogP contribution in [0.15, 0.2) is 17.4 Å². The number of hydrogen-bond acceptors (Lipinski definition) is 6. The summed E-state index contributed by atoms with van der Waals surface area (Å²) in [5.74, 6) is 10.9. The quantitative estimate of drug-likeness (QED) is 0.283. The fourth-order valence-electron chi connectivity index (χ4n) is 2.80. The van der Waals surface area contributed by atoms with E-state index in [-0.39, 0.29) is 23.2 Å². The number of alkyl halides is 3. The number of aromatic nitrogens is 1. The highest BCUT2D eigenvalue weighted by Gasteiger charge is 2.35. The maximum Gasteiger partial charge on any atom is 0.422 e. The first-order chi connectivity index (χ1) is 13.3. The van der Waals surface area contributed by atoms with Gasteiger partial charge in [0.25, 0.3) is 5.91 Å². The minimum atomic E-state index is -4.48. The van der Waals surface area contributed by atoms with Crippen molar-refractivity contribution in [2.24, 2.45) is 22.2 Å². The van der Waals surface area contributed by atoms with Crippen LogP contribution in [0.5, 0.6) is 5.75 Å². The number of rotatable bonds is 6. The van der Waals surface area contributed by atoms with E-state index >= 15 is 0 Å². The Labute approximate surface area is 167 Å². The Bertz CT molecular complexity index is 770. The number of nitrogens with one attached hydrogen (secondary N) is 1. The van der Waals surface area contributed by atoms with Gasteiger partial charge in [0.05, 0.1) is 6.04 Å². The Kier molecular flexibility index (Phi) is 6.61. The van der Waals surface area contributed by atoms with Crippen molar-refractivity contribution in [3.05, 3.63) is 23.5 Å². The van der Waals surface area contributed by atoms with Gasteiger partial charge in [0.2, 0.25) is 0 Å². The van der Waals surface area contributed by atoms with Crippen LogP contribution in [0.1, 0.15) is 55.6 Å². The van der Waals surface area contributed by atoms with Crippen LogP contribution in [0, 0.1) is 5.41 Å². The molecule has 1 aromatic heterocycles. The molecule has 1 aromatic rings. The van der Waals surface area contributed by atoms with E-state index in [1.54, 1.807) is 0 Å². The van der Waals surface area contributed by atoms with Gasteiger partial charge in [-0.25, -0.2) is 5.84 Å². The molecule has 1 aliphatic rings. The number of likely N-dealkylation sites (N-methyl/N-ethyl adjacent to an activating group) is 1. The second-order valence-corrected chi connectivity index (χ2v) is 8.16. The lowest BCUT2D eigenvalue weighted by atomic mass is 9.85.